The largest absolute Gasteiger partial charge is 0.490 e. The third kappa shape index (κ3) is 6.56. The third-order valence-electron chi connectivity index (χ3n) is 5.48. The standard InChI is InChI=1S/C25H32FNO3/c1-3-4-14-29-22-10-11-23(16-22)30-24-9-8-19(12-13-27-18(2)28)25(17-24)20-6-5-7-21(26)15-20/h5-9,15,17,22-23H,3-4,10-14,16H2,1-2H3,(H,27,28)/t22-,23+/m1/s1. The van der Waals surface area contributed by atoms with Crippen LogP contribution in [0, 0.1) is 5.82 Å². The predicted octanol–water partition coefficient (Wildman–Crippen LogP) is 5.29. The van der Waals surface area contributed by atoms with Crippen molar-refractivity contribution in [2.45, 2.75) is 64.6 Å². The Labute approximate surface area is 178 Å². The molecule has 4 nitrogen and oxygen atoms in total. The number of carbonyl (C=O) groups excluding carboxylic acids is 1. The van der Waals surface area contributed by atoms with Crippen LogP contribution >= 0.6 is 0 Å². The summed E-state index contributed by atoms with van der Waals surface area (Å²) in [5, 5.41) is 2.83. The van der Waals surface area contributed by atoms with Gasteiger partial charge in [0.05, 0.1) is 6.10 Å². The molecule has 1 N–H and O–H groups in total. The second kappa shape index (κ2) is 11.1. The molecule has 1 amide bonds. The molecule has 30 heavy (non-hydrogen) atoms. The normalized spacial score (nSPS) is 18.4. The van der Waals surface area contributed by atoms with E-state index in [1.165, 1.54) is 19.1 Å². The zero-order valence-corrected chi connectivity index (χ0v) is 18.0. The van der Waals surface area contributed by atoms with Crippen molar-refractivity contribution in [1.29, 1.82) is 0 Å². The quantitative estimate of drug-likeness (QED) is 0.539. The molecule has 3 rings (SSSR count). The summed E-state index contributed by atoms with van der Waals surface area (Å²) in [6.07, 6.45) is 6.24. The van der Waals surface area contributed by atoms with Gasteiger partial charge in [-0.1, -0.05) is 31.5 Å². The Kier molecular flexibility index (Phi) is 8.26. The Morgan fingerprint density at radius 1 is 1.17 bits per heavy atom. The minimum absolute atomic E-state index is 0.0563. The van der Waals surface area contributed by atoms with Gasteiger partial charge in [-0.05, 0) is 66.6 Å². The number of halogens is 1. The topological polar surface area (TPSA) is 47.6 Å². The Hall–Kier alpha value is -2.40. The third-order valence-corrected chi connectivity index (χ3v) is 5.48. The molecule has 1 aliphatic rings. The Morgan fingerprint density at radius 3 is 2.77 bits per heavy atom. The van der Waals surface area contributed by atoms with E-state index >= 15 is 0 Å². The lowest BCUT2D eigenvalue weighted by Gasteiger charge is -2.17. The lowest BCUT2D eigenvalue weighted by atomic mass is 9.97. The molecule has 2 aromatic rings. The van der Waals surface area contributed by atoms with Gasteiger partial charge in [0.15, 0.2) is 0 Å². The number of hydrogen-bond acceptors (Lipinski definition) is 3. The van der Waals surface area contributed by atoms with E-state index in [1.807, 2.05) is 24.3 Å². The van der Waals surface area contributed by atoms with Gasteiger partial charge in [-0.2, -0.15) is 0 Å². The molecule has 0 spiro atoms. The van der Waals surface area contributed by atoms with Gasteiger partial charge in [-0.3, -0.25) is 4.79 Å². The lowest BCUT2D eigenvalue weighted by Crippen LogP contribution is -2.22. The molecule has 1 fully saturated rings. The van der Waals surface area contributed by atoms with Crippen molar-refractivity contribution in [3.05, 3.63) is 53.8 Å². The second-order valence-corrected chi connectivity index (χ2v) is 7.96. The number of nitrogens with one attached hydrogen (secondary N) is 1. The molecule has 0 unspecified atom stereocenters. The van der Waals surface area contributed by atoms with Gasteiger partial charge in [0.2, 0.25) is 5.91 Å². The number of hydrogen-bond donors (Lipinski definition) is 1. The predicted molar refractivity (Wildman–Crippen MR) is 117 cm³/mol. The van der Waals surface area contributed by atoms with Crippen molar-refractivity contribution < 1.29 is 18.7 Å². The van der Waals surface area contributed by atoms with Gasteiger partial charge in [-0.15, -0.1) is 0 Å². The van der Waals surface area contributed by atoms with Gasteiger partial charge in [0.1, 0.15) is 17.7 Å². The van der Waals surface area contributed by atoms with E-state index in [0.29, 0.717) is 13.0 Å². The van der Waals surface area contributed by atoms with Gasteiger partial charge in [0.25, 0.3) is 0 Å². The van der Waals surface area contributed by atoms with E-state index < -0.39 is 0 Å². The van der Waals surface area contributed by atoms with Crippen LogP contribution < -0.4 is 10.1 Å². The molecule has 0 radical (unpaired) electrons. The number of amides is 1. The van der Waals surface area contributed by atoms with Crippen LogP contribution in [0.3, 0.4) is 0 Å². The first-order valence-electron chi connectivity index (χ1n) is 11.0. The fourth-order valence-corrected chi connectivity index (χ4v) is 3.89. The highest BCUT2D eigenvalue weighted by Gasteiger charge is 2.26. The maximum atomic E-state index is 13.8. The van der Waals surface area contributed by atoms with E-state index in [4.69, 9.17) is 9.47 Å². The summed E-state index contributed by atoms with van der Waals surface area (Å²) in [6.45, 7) is 5.03. The number of rotatable bonds is 10. The molecule has 0 heterocycles. The van der Waals surface area contributed by atoms with E-state index in [-0.39, 0.29) is 23.9 Å². The average molecular weight is 414 g/mol. The first-order chi connectivity index (χ1) is 14.5. The minimum Gasteiger partial charge on any atom is -0.490 e. The summed E-state index contributed by atoms with van der Waals surface area (Å²) < 4.78 is 26.0. The van der Waals surface area contributed by atoms with Crippen LogP contribution in [0.15, 0.2) is 42.5 Å². The van der Waals surface area contributed by atoms with Crippen molar-refractivity contribution in [3.8, 4) is 16.9 Å². The SMILES string of the molecule is CCCCO[C@@H]1CC[C@H](Oc2ccc(CCNC(C)=O)c(-c3cccc(F)c3)c2)C1. The second-order valence-electron chi connectivity index (χ2n) is 7.96. The van der Waals surface area contributed by atoms with Crippen molar-refractivity contribution in [2.75, 3.05) is 13.2 Å². The van der Waals surface area contributed by atoms with Crippen molar-refractivity contribution >= 4 is 5.91 Å². The summed E-state index contributed by atoms with van der Waals surface area (Å²) in [6, 6.07) is 12.6. The average Bonchev–Trinajstić information content (AvgIpc) is 3.16. The van der Waals surface area contributed by atoms with Crippen molar-refractivity contribution in [3.63, 3.8) is 0 Å². The maximum Gasteiger partial charge on any atom is 0.216 e. The van der Waals surface area contributed by atoms with Crippen LogP contribution in [0.2, 0.25) is 0 Å². The Morgan fingerprint density at radius 2 is 2.00 bits per heavy atom. The highest BCUT2D eigenvalue weighted by molar-refractivity contribution is 5.73. The minimum atomic E-state index is -0.269. The monoisotopic (exact) mass is 413 g/mol. The first-order valence-corrected chi connectivity index (χ1v) is 11.0. The highest BCUT2D eigenvalue weighted by atomic mass is 19.1. The van der Waals surface area contributed by atoms with Crippen molar-refractivity contribution in [2.24, 2.45) is 0 Å². The smallest absolute Gasteiger partial charge is 0.216 e. The maximum absolute atomic E-state index is 13.8. The van der Waals surface area contributed by atoms with E-state index in [1.54, 1.807) is 6.07 Å². The van der Waals surface area contributed by atoms with Gasteiger partial charge in [-0.25, -0.2) is 4.39 Å². The molecular weight excluding hydrogens is 381 g/mol. The molecule has 0 aromatic heterocycles. The van der Waals surface area contributed by atoms with Crippen LogP contribution in [0.4, 0.5) is 4.39 Å². The van der Waals surface area contributed by atoms with Gasteiger partial charge >= 0.3 is 0 Å². The molecule has 2 aromatic carbocycles. The molecule has 5 heteroatoms. The summed E-state index contributed by atoms with van der Waals surface area (Å²) in [4.78, 5) is 11.2. The zero-order valence-electron chi connectivity index (χ0n) is 18.0. The van der Waals surface area contributed by atoms with E-state index in [2.05, 4.69) is 12.2 Å². The van der Waals surface area contributed by atoms with E-state index in [9.17, 15) is 9.18 Å². The molecule has 1 saturated carbocycles. The molecule has 1 aliphatic carbocycles. The fraction of sp³-hybridized carbons (Fsp3) is 0.480. The van der Waals surface area contributed by atoms with Crippen LogP contribution in [0.1, 0.15) is 51.5 Å². The fourth-order valence-electron chi connectivity index (χ4n) is 3.89. The van der Waals surface area contributed by atoms with E-state index in [0.717, 1.165) is 61.2 Å². The molecule has 0 bridgehead atoms. The molecular formula is C25H32FNO3. The molecule has 162 valence electrons. The Bertz CT molecular complexity index is 839. The van der Waals surface area contributed by atoms with Gasteiger partial charge < -0.3 is 14.8 Å². The van der Waals surface area contributed by atoms with Gasteiger partial charge in [0, 0.05) is 26.5 Å². The highest BCUT2D eigenvalue weighted by Crippen LogP contribution is 2.32. The van der Waals surface area contributed by atoms with Crippen molar-refractivity contribution in [1.82, 2.24) is 5.32 Å². The number of carbonyl (C=O) groups is 1. The Balaban J connectivity index is 1.71. The summed E-state index contributed by atoms with van der Waals surface area (Å²) in [5.74, 6) is 0.463. The lowest BCUT2D eigenvalue weighted by molar-refractivity contribution is -0.118. The zero-order chi connectivity index (χ0) is 21.3. The van der Waals surface area contributed by atoms with Crippen LogP contribution in [-0.4, -0.2) is 31.3 Å². The number of unbranched alkanes of at least 4 members (excludes halogenated alkanes) is 1. The number of ether oxygens (including phenoxy) is 2. The molecule has 2 atom stereocenters. The van der Waals surface area contributed by atoms with Crippen LogP contribution in [0.25, 0.3) is 11.1 Å². The summed E-state index contributed by atoms with van der Waals surface area (Å²) in [7, 11) is 0. The van der Waals surface area contributed by atoms with Crippen LogP contribution in [-0.2, 0) is 16.0 Å². The summed E-state index contributed by atoms with van der Waals surface area (Å²) in [5.41, 5.74) is 2.80. The number of benzene rings is 2. The first kappa shape index (κ1) is 22.3. The molecule has 0 aliphatic heterocycles. The molecule has 0 saturated heterocycles. The van der Waals surface area contributed by atoms with Crippen LogP contribution in [0.5, 0.6) is 5.75 Å². The summed E-state index contributed by atoms with van der Waals surface area (Å²) >= 11 is 0.